The van der Waals surface area contributed by atoms with Crippen molar-refractivity contribution in [2.45, 2.75) is 45.1 Å². The van der Waals surface area contributed by atoms with Gasteiger partial charge in [-0.3, -0.25) is 4.79 Å². The monoisotopic (exact) mass is 263 g/mol. The summed E-state index contributed by atoms with van der Waals surface area (Å²) in [4.78, 5) is 23.0. The molecule has 2 N–H and O–H groups in total. The van der Waals surface area contributed by atoms with Gasteiger partial charge in [0, 0.05) is 5.56 Å². The van der Waals surface area contributed by atoms with Crippen molar-refractivity contribution in [3.8, 4) is 0 Å². The molecule has 0 heterocycles. The number of aliphatic carboxylic acids is 1. The molecule has 0 aliphatic rings. The number of carboxylic acids is 1. The minimum Gasteiger partial charge on any atom is -0.480 e. The molecule has 1 atom stereocenters. The van der Waals surface area contributed by atoms with E-state index in [2.05, 4.69) is 12.2 Å². The third-order valence-electron chi connectivity index (χ3n) is 2.99. The highest BCUT2D eigenvalue weighted by Crippen LogP contribution is 2.07. The Labute approximate surface area is 113 Å². The van der Waals surface area contributed by atoms with Crippen molar-refractivity contribution in [3.05, 3.63) is 35.9 Å². The Morgan fingerprint density at radius 3 is 2.42 bits per heavy atom. The number of carbonyl (C=O) groups excluding carboxylic acids is 1. The van der Waals surface area contributed by atoms with Crippen LogP contribution >= 0.6 is 0 Å². The van der Waals surface area contributed by atoms with Crippen LogP contribution in [0.3, 0.4) is 0 Å². The van der Waals surface area contributed by atoms with Crippen LogP contribution in [0.2, 0.25) is 0 Å². The SMILES string of the molecule is CCCCCC[C@H](NC(=O)c1ccccc1)C(=O)O. The predicted molar refractivity (Wildman–Crippen MR) is 74.1 cm³/mol. The number of hydrogen-bond donors (Lipinski definition) is 2. The number of rotatable bonds is 8. The molecule has 1 aromatic carbocycles. The predicted octanol–water partition coefficient (Wildman–Crippen LogP) is 2.84. The van der Waals surface area contributed by atoms with E-state index < -0.39 is 12.0 Å². The van der Waals surface area contributed by atoms with E-state index in [0.717, 1.165) is 25.7 Å². The summed E-state index contributed by atoms with van der Waals surface area (Å²) in [6, 6.07) is 7.87. The number of nitrogens with one attached hydrogen (secondary N) is 1. The molecular weight excluding hydrogens is 242 g/mol. The molecule has 0 aliphatic heterocycles. The second-order valence-corrected chi connectivity index (χ2v) is 4.58. The fourth-order valence-electron chi connectivity index (χ4n) is 1.86. The lowest BCUT2D eigenvalue weighted by atomic mass is 10.1. The van der Waals surface area contributed by atoms with Crippen molar-refractivity contribution >= 4 is 11.9 Å². The largest absolute Gasteiger partial charge is 0.480 e. The fraction of sp³-hybridized carbons (Fsp3) is 0.467. The Morgan fingerprint density at radius 1 is 1.16 bits per heavy atom. The molecule has 1 amide bonds. The van der Waals surface area contributed by atoms with E-state index in [4.69, 9.17) is 5.11 Å². The molecular formula is C15H21NO3. The molecule has 104 valence electrons. The molecule has 0 saturated heterocycles. The Morgan fingerprint density at radius 2 is 1.84 bits per heavy atom. The minimum absolute atomic E-state index is 0.330. The van der Waals surface area contributed by atoms with Gasteiger partial charge in [0.25, 0.3) is 5.91 Å². The molecule has 0 saturated carbocycles. The number of benzene rings is 1. The lowest BCUT2D eigenvalue weighted by molar-refractivity contribution is -0.139. The number of amides is 1. The average molecular weight is 263 g/mol. The smallest absolute Gasteiger partial charge is 0.326 e. The Kier molecular flexibility index (Phi) is 6.64. The van der Waals surface area contributed by atoms with Gasteiger partial charge in [-0.1, -0.05) is 50.8 Å². The van der Waals surface area contributed by atoms with Crippen molar-refractivity contribution in [2.75, 3.05) is 0 Å². The van der Waals surface area contributed by atoms with Crippen LogP contribution in [0.25, 0.3) is 0 Å². The van der Waals surface area contributed by atoms with Crippen molar-refractivity contribution < 1.29 is 14.7 Å². The van der Waals surface area contributed by atoms with E-state index in [1.165, 1.54) is 0 Å². The van der Waals surface area contributed by atoms with E-state index >= 15 is 0 Å². The van der Waals surface area contributed by atoms with Gasteiger partial charge in [0.2, 0.25) is 0 Å². The first-order chi connectivity index (χ1) is 9.15. The summed E-state index contributed by atoms with van der Waals surface area (Å²) in [7, 11) is 0. The Hall–Kier alpha value is -1.84. The number of carboxylic acid groups (broad SMARTS) is 1. The first-order valence-corrected chi connectivity index (χ1v) is 6.74. The average Bonchev–Trinajstić information content (AvgIpc) is 2.42. The maximum absolute atomic E-state index is 11.9. The summed E-state index contributed by atoms with van der Waals surface area (Å²) in [5.41, 5.74) is 0.488. The van der Waals surface area contributed by atoms with Crippen molar-refractivity contribution in [2.24, 2.45) is 0 Å². The summed E-state index contributed by atoms with van der Waals surface area (Å²) >= 11 is 0. The molecule has 0 spiro atoms. The highest BCUT2D eigenvalue weighted by atomic mass is 16.4. The van der Waals surface area contributed by atoms with Crippen LogP contribution in [-0.4, -0.2) is 23.0 Å². The third-order valence-corrected chi connectivity index (χ3v) is 2.99. The Balaban J connectivity index is 2.49. The maximum atomic E-state index is 11.9. The second-order valence-electron chi connectivity index (χ2n) is 4.58. The fourth-order valence-corrected chi connectivity index (χ4v) is 1.86. The molecule has 0 unspecified atom stereocenters. The lowest BCUT2D eigenvalue weighted by Crippen LogP contribution is -2.40. The van der Waals surface area contributed by atoms with Crippen molar-refractivity contribution in [1.29, 1.82) is 0 Å². The molecule has 1 rings (SSSR count). The Bertz CT molecular complexity index is 403. The molecule has 0 fully saturated rings. The van der Waals surface area contributed by atoms with Gasteiger partial charge in [-0.15, -0.1) is 0 Å². The van der Waals surface area contributed by atoms with Crippen LogP contribution in [0, 0.1) is 0 Å². The van der Waals surface area contributed by atoms with Crippen molar-refractivity contribution in [1.82, 2.24) is 5.32 Å². The molecule has 19 heavy (non-hydrogen) atoms. The quantitative estimate of drug-likeness (QED) is 0.709. The van der Waals surface area contributed by atoms with Gasteiger partial charge in [-0.05, 0) is 18.6 Å². The zero-order chi connectivity index (χ0) is 14.1. The zero-order valence-electron chi connectivity index (χ0n) is 11.3. The minimum atomic E-state index is -0.972. The van der Waals surface area contributed by atoms with Crippen molar-refractivity contribution in [3.63, 3.8) is 0 Å². The van der Waals surface area contributed by atoms with Gasteiger partial charge >= 0.3 is 5.97 Å². The topological polar surface area (TPSA) is 66.4 Å². The number of hydrogen-bond acceptors (Lipinski definition) is 2. The third kappa shape index (κ3) is 5.55. The number of unbranched alkanes of at least 4 members (excludes halogenated alkanes) is 3. The maximum Gasteiger partial charge on any atom is 0.326 e. The standard InChI is InChI=1S/C15H21NO3/c1-2-3-4-8-11-13(15(18)19)16-14(17)12-9-6-5-7-10-12/h5-7,9-10,13H,2-4,8,11H2,1H3,(H,16,17)(H,18,19)/t13-/m0/s1. The van der Waals surface area contributed by atoms with Gasteiger partial charge < -0.3 is 10.4 Å². The summed E-state index contributed by atoms with van der Waals surface area (Å²) < 4.78 is 0. The highest BCUT2D eigenvalue weighted by molar-refractivity contribution is 5.96. The summed E-state index contributed by atoms with van der Waals surface area (Å²) in [5.74, 6) is -1.30. The van der Waals surface area contributed by atoms with E-state index in [1.54, 1.807) is 24.3 Å². The second kappa shape index (κ2) is 8.29. The van der Waals surface area contributed by atoms with Crippen LogP contribution in [0.4, 0.5) is 0 Å². The summed E-state index contributed by atoms with van der Waals surface area (Å²) in [6.07, 6.45) is 4.50. The molecule has 0 radical (unpaired) electrons. The molecule has 4 nitrogen and oxygen atoms in total. The van der Waals surface area contributed by atoms with Crippen LogP contribution in [0.15, 0.2) is 30.3 Å². The van der Waals surface area contributed by atoms with E-state index in [9.17, 15) is 9.59 Å². The summed E-state index contributed by atoms with van der Waals surface area (Å²) in [6.45, 7) is 2.10. The van der Waals surface area contributed by atoms with E-state index in [-0.39, 0.29) is 5.91 Å². The van der Waals surface area contributed by atoms with Crippen LogP contribution < -0.4 is 5.32 Å². The number of carbonyl (C=O) groups is 2. The highest BCUT2D eigenvalue weighted by Gasteiger charge is 2.19. The van der Waals surface area contributed by atoms with Crippen LogP contribution in [-0.2, 0) is 4.79 Å². The normalized spacial score (nSPS) is 11.8. The first-order valence-electron chi connectivity index (χ1n) is 6.74. The molecule has 0 aromatic heterocycles. The lowest BCUT2D eigenvalue weighted by Gasteiger charge is -2.14. The van der Waals surface area contributed by atoms with Gasteiger partial charge in [0.15, 0.2) is 0 Å². The molecule has 0 aliphatic carbocycles. The van der Waals surface area contributed by atoms with Crippen LogP contribution in [0.5, 0.6) is 0 Å². The van der Waals surface area contributed by atoms with Crippen LogP contribution in [0.1, 0.15) is 49.4 Å². The zero-order valence-corrected chi connectivity index (χ0v) is 11.3. The van der Waals surface area contributed by atoms with Gasteiger partial charge in [0.05, 0.1) is 0 Å². The van der Waals surface area contributed by atoms with E-state index in [1.807, 2.05) is 6.07 Å². The first kappa shape index (κ1) is 15.2. The summed E-state index contributed by atoms with van der Waals surface area (Å²) in [5, 5.41) is 11.7. The van der Waals surface area contributed by atoms with E-state index in [0.29, 0.717) is 12.0 Å². The molecule has 4 heteroatoms. The van der Waals surface area contributed by atoms with Gasteiger partial charge in [0.1, 0.15) is 6.04 Å². The molecule has 1 aromatic rings. The molecule has 0 bridgehead atoms. The van der Waals surface area contributed by atoms with Gasteiger partial charge in [-0.25, -0.2) is 4.79 Å². The van der Waals surface area contributed by atoms with Gasteiger partial charge in [-0.2, -0.15) is 0 Å².